The molecule has 0 saturated heterocycles. The van der Waals surface area contributed by atoms with Crippen LogP contribution in [0.1, 0.15) is 28.8 Å². The average Bonchev–Trinajstić information content (AvgIpc) is 2.85. The maximum absolute atomic E-state index is 12.6. The third-order valence-electron chi connectivity index (χ3n) is 4.10. The molecule has 1 amide bonds. The molecular formula is C17H19N5O2. The molecule has 124 valence electrons. The van der Waals surface area contributed by atoms with Crippen molar-refractivity contribution in [3.63, 3.8) is 0 Å². The second-order valence-electron chi connectivity index (χ2n) is 5.63. The van der Waals surface area contributed by atoms with Crippen LogP contribution in [-0.4, -0.2) is 25.5 Å². The van der Waals surface area contributed by atoms with Gasteiger partial charge in [0, 0.05) is 19.0 Å². The number of hydrogen-bond acceptors (Lipinski definition) is 4. The van der Waals surface area contributed by atoms with E-state index in [9.17, 15) is 9.59 Å². The number of benzene rings is 1. The van der Waals surface area contributed by atoms with E-state index in [1.807, 2.05) is 26.8 Å². The molecule has 2 heterocycles. The zero-order valence-corrected chi connectivity index (χ0v) is 14.1. The Bertz CT molecular complexity index is 1000. The van der Waals surface area contributed by atoms with Crippen LogP contribution in [0.2, 0.25) is 0 Å². The van der Waals surface area contributed by atoms with Crippen molar-refractivity contribution in [2.24, 2.45) is 7.05 Å². The molecule has 0 saturated carbocycles. The lowest BCUT2D eigenvalue weighted by atomic mass is 10.2. The summed E-state index contributed by atoms with van der Waals surface area (Å²) in [5, 5.41) is 11.8. The summed E-state index contributed by atoms with van der Waals surface area (Å²) in [6, 6.07) is 7.09. The second kappa shape index (κ2) is 5.92. The molecule has 24 heavy (non-hydrogen) atoms. The number of rotatable bonds is 3. The van der Waals surface area contributed by atoms with Crippen molar-refractivity contribution in [2.45, 2.75) is 27.3 Å². The van der Waals surface area contributed by atoms with E-state index in [0.717, 1.165) is 5.69 Å². The zero-order chi connectivity index (χ0) is 17.4. The number of amides is 1. The lowest BCUT2D eigenvalue weighted by Gasteiger charge is -2.09. The third-order valence-corrected chi connectivity index (χ3v) is 4.10. The van der Waals surface area contributed by atoms with E-state index in [2.05, 4.69) is 15.5 Å². The van der Waals surface area contributed by atoms with E-state index < -0.39 is 5.91 Å². The van der Waals surface area contributed by atoms with Gasteiger partial charge in [-0.1, -0.05) is 12.1 Å². The number of anilines is 1. The summed E-state index contributed by atoms with van der Waals surface area (Å²) in [7, 11) is 1.71. The number of nitrogens with zero attached hydrogens (tertiary/aromatic N) is 4. The summed E-state index contributed by atoms with van der Waals surface area (Å²) >= 11 is 0. The van der Waals surface area contributed by atoms with E-state index in [0.29, 0.717) is 28.8 Å². The summed E-state index contributed by atoms with van der Waals surface area (Å²) in [5.74, 6) is -0.525. The van der Waals surface area contributed by atoms with Crippen LogP contribution in [-0.2, 0) is 13.6 Å². The highest BCUT2D eigenvalue weighted by molar-refractivity contribution is 6.04. The Labute approximate surface area is 138 Å². The number of carbonyl (C=O) groups is 1. The summed E-state index contributed by atoms with van der Waals surface area (Å²) in [5.41, 5.74) is 2.36. The molecule has 0 unspecified atom stereocenters. The molecule has 0 aliphatic carbocycles. The first kappa shape index (κ1) is 15.9. The van der Waals surface area contributed by atoms with E-state index >= 15 is 0 Å². The number of aromatic nitrogens is 4. The van der Waals surface area contributed by atoms with Gasteiger partial charge in [-0.2, -0.15) is 10.2 Å². The number of aryl methyl sites for hydroxylation is 3. The van der Waals surface area contributed by atoms with Gasteiger partial charge in [-0.25, -0.2) is 0 Å². The van der Waals surface area contributed by atoms with Gasteiger partial charge in [0.05, 0.1) is 22.6 Å². The summed E-state index contributed by atoms with van der Waals surface area (Å²) in [6.45, 7) is 6.38. The van der Waals surface area contributed by atoms with Gasteiger partial charge in [-0.3, -0.25) is 19.0 Å². The fourth-order valence-corrected chi connectivity index (χ4v) is 2.83. The van der Waals surface area contributed by atoms with Crippen molar-refractivity contribution < 1.29 is 4.79 Å². The fraction of sp³-hybridized carbons (Fsp3) is 0.294. The Morgan fingerprint density at radius 2 is 1.92 bits per heavy atom. The van der Waals surface area contributed by atoms with Crippen molar-refractivity contribution in [3.8, 4) is 0 Å². The van der Waals surface area contributed by atoms with Crippen molar-refractivity contribution in [3.05, 3.63) is 51.6 Å². The highest BCUT2D eigenvalue weighted by Crippen LogP contribution is 2.20. The van der Waals surface area contributed by atoms with Crippen LogP contribution in [0.5, 0.6) is 0 Å². The second-order valence-corrected chi connectivity index (χ2v) is 5.63. The summed E-state index contributed by atoms with van der Waals surface area (Å²) in [6.07, 6.45) is 0. The van der Waals surface area contributed by atoms with Gasteiger partial charge in [-0.05, 0) is 32.9 Å². The summed E-state index contributed by atoms with van der Waals surface area (Å²) < 4.78 is 3.34. The Morgan fingerprint density at radius 3 is 2.58 bits per heavy atom. The third kappa shape index (κ3) is 2.47. The van der Waals surface area contributed by atoms with Crippen LogP contribution >= 0.6 is 0 Å². The van der Waals surface area contributed by atoms with Gasteiger partial charge >= 0.3 is 0 Å². The Hall–Kier alpha value is -2.96. The average molecular weight is 325 g/mol. The largest absolute Gasteiger partial charge is 0.317 e. The number of carbonyl (C=O) groups excluding carboxylic acids is 1. The predicted molar refractivity (Wildman–Crippen MR) is 92.3 cm³/mol. The lowest BCUT2D eigenvalue weighted by Crippen LogP contribution is -2.26. The minimum Gasteiger partial charge on any atom is -0.317 e. The molecule has 0 bridgehead atoms. The highest BCUT2D eigenvalue weighted by Gasteiger charge is 2.20. The molecule has 0 radical (unpaired) electrons. The normalized spacial score (nSPS) is 11.0. The van der Waals surface area contributed by atoms with Crippen LogP contribution in [0.4, 0.5) is 5.69 Å². The number of para-hydroxylation sites is 1. The van der Waals surface area contributed by atoms with Crippen LogP contribution in [0, 0.1) is 13.8 Å². The van der Waals surface area contributed by atoms with Crippen LogP contribution in [0.25, 0.3) is 10.9 Å². The van der Waals surface area contributed by atoms with Gasteiger partial charge in [0.1, 0.15) is 0 Å². The first-order valence-corrected chi connectivity index (χ1v) is 7.75. The molecule has 0 aliphatic heterocycles. The maximum atomic E-state index is 12.6. The maximum Gasteiger partial charge on any atom is 0.280 e. The van der Waals surface area contributed by atoms with Crippen LogP contribution in [0.15, 0.2) is 29.1 Å². The fourth-order valence-electron chi connectivity index (χ4n) is 2.83. The standard InChI is InChI=1S/C17H19N5O2/c1-5-22-11(3)14(10(2)19-22)18-17(24)15-16(23)12-8-6-7-9-13(12)21(4)20-15/h6-9H,5H2,1-4H3,(H,18,24). The van der Waals surface area contributed by atoms with E-state index in [1.54, 1.807) is 34.6 Å². The predicted octanol–water partition coefficient (Wildman–Crippen LogP) is 2.02. The molecule has 2 aromatic heterocycles. The molecule has 3 rings (SSSR count). The lowest BCUT2D eigenvalue weighted by molar-refractivity contribution is 0.101. The van der Waals surface area contributed by atoms with Gasteiger partial charge in [0.2, 0.25) is 5.43 Å². The van der Waals surface area contributed by atoms with Crippen molar-refractivity contribution in [2.75, 3.05) is 5.32 Å². The Balaban J connectivity index is 2.06. The molecule has 1 aromatic carbocycles. The van der Waals surface area contributed by atoms with Gasteiger partial charge in [0.15, 0.2) is 5.69 Å². The zero-order valence-electron chi connectivity index (χ0n) is 14.1. The number of nitrogens with one attached hydrogen (secondary N) is 1. The van der Waals surface area contributed by atoms with E-state index in [4.69, 9.17) is 0 Å². The topological polar surface area (TPSA) is 81.8 Å². The van der Waals surface area contributed by atoms with Gasteiger partial charge < -0.3 is 5.32 Å². The van der Waals surface area contributed by atoms with Crippen molar-refractivity contribution in [1.82, 2.24) is 19.6 Å². The Morgan fingerprint density at radius 1 is 1.21 bits per heavy atom. The SMILES string of the molecule is CCn1nc(C)c(NC(=O)c2nn(C)c3ccccc3c2=O)c1C. The van der Waals surface area contributed by atoms with E-state index in [-0.39, 0.29) is 11.1 Å². The number of hydrogen-bond donors (Lipinski definition) is 1. The molecule has 7 heteroatoms. The smallest absolute Gasteiger partial charge is 0.280 e. The van der Waals surface area contributed by atoms with Crippen molar-refractivity contribution in [1.29, 1.82) is 0 Å². The molecular weight excluding hydrogens is 306 g/mol. The monoisotopic (exact) mass is 325 g/mol. The van der Waals surface area contributed by atoms with Crippen LogP contribution < -0.4 is 10.7 Å². The highest BCUT2D eigenvalue weighted by atomic mass is 16.2. The number of fused-ring (bicyclic) bond motifs is 1. The minimum atomic E-state index is -0.525. The van der Waals surface area contributed by atoms with Crippen molar-refractivity contribution >= 4 is 22.5 Å². The minimum absolute atomic E-state index is 0.126. The quantitative estimate of drug-likeness (QED) is 0.799. The molecule has 3 aromatic rings. The molecule has 7 nitrogen and oxygen atoms in total. The molecule has 0 aliphatic rings. The summed E-state index contributed by atoms with van der Waals surface area (Å²) in [4.78, 5) is 25.2. The van der Waals surface area contributed by atoms with E-state index in [1.165, 1.54) is 0 Å². The van der Waals surface area contributed by atoms with Gasteiger partial charge in [0.25, 0.3) is 5.91 Å². The molecule has 0 spiro atoms. The Kier molecular flexibility index (Phi) is 3.92. The first-order valence-electron chi connectivity index (χ1n) is 7.75. The van der Waals surface area contributed by atoms with Gasteiger partial charge in [-0.15, -0.1) is 0 Å². The molecule has 1 N–H and O–H groups in total. The first-order chi connectivity index (χ1) is 11.4. The molecule has 0 atom stereocenters. The van der Waals surface area contributed by atoms with Crippen LogP contribution in [0.3, 0.4) is 0 Å². The molecule has 0 fully saturated rings.